The molecule has 0 heterocycles. The number of fused-ring (bicyclic) bond motifs is 3. The Labute approximate surface area is 144 Å². The SMILES string of the molecule is [Cl][Zr+2][Cl].[c-]1cccc2c1Cc1ccccc1-2.c1cc[cH-]c1. The summed E-state index contributed by atoms with van der Waals surface area (Å²) >= 11 is -0.826. The molecule has 0 fully saturated rings. The summed E-state index contributed by atoms with van der Waals surface area (Å²) in [5, 5.41) is 0. The van der Waals surface area contributed by atoms with E-state index in [0.29, 0.717) is 0 Å². The first-order valence-corrected chi connectivity index (χ1v) is 12.9. The fraction of sp³-hybridized carbons (Fsp3) is 0.0556. The van der Waals surface area contributed by atoms with Crippen molar-refractivity contribution in [2.75, 3.05) is 0 Å². The van der Waals surface area contributed by atoms with Crippen LogP contribution < -0.4 is 0 Å². The molecule has 0 bridgehead atoms. The monoisotopic (exact) mass is 390 g/mol. The number of hydrogen-bond donors (Lipinski definition) is 0. The van der Waals surface area contributed by atoms with Gasteiger partial charge in [0, 0.05) is 0 Å². The molecule has 3 aromatic carbocycles. The minimum atomic E-state index is -0.826. The Morgan fingerprint density at radius 1 is 0.905 bits per heavy atom. The van der Waals surface area contributed by atoms with Gasteiger partial charge in [-0.3, -0.25) is 0 Å². The average molecular weight is 392 g/mol. The van der Waals surface area contributed by atoms with Gasteiger partial charge in [0.05, 0.1) is 0 Å². The largest absolute Gasteiger partial charge is 0.214 e. The number of hydrogen-bond acceptors (Lipinski definition) is 0. The van der Waals surface area contributed by atoms with E-state index in [2.05, 4.69) is 42.5 Å². The van der Waals surface area contributed by atoms with Crippen molar-refractivity contribution in [1.29, 1.82) is 0 Å². The Balaban J connectivity index is 0.000000169. The van der Waals surface area contributed by atoms with Crippen molar-refractivity contribution in [3.63, 3.8) is 0 Å². The van der Waals surface area contributed by atoms with E-state index < -0.39 is 20.8 Å². The zero-order valence-corrected chi connectivity index (χ0v) is 15.4. The van der Waals surface area contributed by atoms with Gasteiger partial charge in [0.1, 0.15) is 0 Å². The molecule has 3 aromatic rings. The van der Waals surface area contributed by atoms with Crippen LogP contribution in [-0.2, 0) is 27.3 Å². The van der Waals surface area contributed by atoms with Crippen LogP contribution in [0.1, 0.15) is 11.1 Å². The van der Waals surface area contributed by atoms with Crippen molar-refractivity contribution < 1.29 is 20.8 Å². The van der Waals surface area contributed by atoms with Crippen LogP contribution in [0, 0.1) is 6.07 Å². The van der Waals surface area contributed by atoms with E-state index in [1.165, 1.54) is 22.3 Å². The van der Waals surface area contributed by atoms with Gasteiger partial charge in [-0.2, -0.15) is 48.0 Å². The van der Waals surface area contributed by atoms with Gasteiger partial charge in [0.15, 0.2) is 0 Å². The van der Waals surface area contributed by atoms with Gasteiger partial charge in [-0.05, 0) is 6.42 Å². The minimum Gasteiger partial charge on any atom is -0.214 e. The van der Waals surface area contributed by atoms with Crippen LogP contribution in [0.2, 0.25) is 0 Å². The Kier molecular flexibility index (Phi) is 7.37. The standard InChI is InChI=1S/C13H9.C5H5.2ClH.Zr/c1-3-7-12-10(5-1)9-11-6-2-4-8-13(11)12;1-2-4-5-3-1;;;/h1-5,7-8H,9H2;1-5H;2*1H;/q2*-1;;;+4/p-2. The van der Waals surface area contributed by atoms with Crippen LogP contribution in [0.4, 0.5) is 0 Å². The van der Waals surface area contributed by atoms with Gasteiger partial charge >= 0.3 is 37.9 Å². The van der Waals surface area contributed by atoms with Crippen molar-refractivity contribution >= 4 is 17.0 Å². The van der Waals surface area contributed by atoms with Crippen LogP contribution >= 0.6 is 17.0 Å². The molecule has 0 N–H and O–H groups in total. The number of halogens is 2. The molecular weight excluding hydrogens is 378 g/mol. The normalized spacial score (nSPS) is 10.0. The van der Waals surface area contributed by atoms with Gasteiger partial charge in [-0.15, -0.1) is 5.56 Å². The van der Waals surface area contributed by atoms with E-state index in [1.54, 1.807) is 0 Å². The van der Waals surface area contributed by atoms with E-state index in [9.17, 15) is 0 Å². The van der Waals surface area contributed by atoms with Crippen LogP contribution in [0.3, 0.4) is 0 Å². The van der Waals surface area contributed by atoms with Crippen LogP contribution in [0.5, 0.6) is 0 Å². The second kappa shape index (κ2) is 9.31. The van der Waals surface area contributed by atoms with E-state index >= 15 is 0 Å². The Morgan fingerprint density at radius 2 is 1.57 bits per heavy atom. The summed E-state index contributed by atoms with van der Waals surface area (Å²) in [5.74, 6) is 0. The quantitative estimate of drug-likeness (QED) is 0.330. The van der Waals surface area contributed by atoms with E-state index in [1.807, 2.05) is 36.4 Å². The van der Waals surface area contributed by atoms with E-state index in [0.717, 1.165) is 6.42 Å². The summed E-state index contributed by atoms with van der Waals surface area (Å²) in [6.45, 7) is 0. The van der Waals surface area contributed by atoms with Crippen LogP contribution in [-0.4, -0.2) is 0 Å². The molecule has 0 aliphatic heterocycles. The molecule has 0 saturated carbocycles. The summed E-state index contributed by atoms with van der Waals surface area (Å²) < 4.78 is 0. The maximum Gasteiger partial charge on any atom is -0.0253 e. The van der Waals surface area contributed by atoms with E-state index in [-0.39, 0.29) is 0 Å². The summed E-state index contributed by atoms with van der Waals surface area (Å²) in [5.41, 5.74) is 5.51. The average Bonchev–Trinajstić information content (AvgIpc) is 3.19. The molecule has 3 heteroatoms. The Bertz CT molecular complexity index is 587. The third-order valence-electron chi connectivity index (χ3n) is 3.17. The van der Waals surface area contributed by atoms with Gasteiger partial charge < -0.3 is 0 Å². The van der Waals surface area contributed by atoms with Gasteiger partial charge in [-0.1, -0.05) is 35.4 Å². The smallest absolute Gasteiger partial charge is 0.0253 e. The molecule has 1 aliphatic rings. The summed E-state index contributed by atoms with van der Waals surface area (Å²) in [7, 11) is 9.87. The summed E-state index contributed by atoms with van der Waals surface area (Å²) in [4.78, 5) is 0. The molecule has 4 rings (SSSR count). The zero-order valence-electron chi connectivity index (χ0n) is 11.4. The molecular formula is C18H14Cl2Zr. The third kappa shape index (κ3) is 4.88. The fourth-order valence-electron chi connectivity index (χ4n) is 2.32. The van der Waals surface area contributed by atoms with E-state index in [4.69, 9.17) is 17.0 Å². The predicted octanol–water partition coefficient (Wildman–Crippen LogP) is 5.84. The molecule has 0 amide bonds. The van der Waals surface area contributed by atoms with Crippen molar-refractivity contribution in [1.82, 2.24) is 0 Å². The second-order valence-electron chi connectivity index (χ2n) is 4.43. The topological polar surface area (TPSA) is 0 Å². The molecule has 104 valence electrons. The molecule has 21 heavy (non-hydrogen) atoms. The number of rotatable bonds is 0. The fourth-order valence-corrected chi connectivity index (χ4v) is 2.32. The first-order valence-electron chi connectivity index (χ1n) is 6.57. The summed E-state index contributed by atoms with van der Waals surface area (Å²) in [6.07, 6.45) is 1.05. The second-order valence-corrected chi connectivity index (χ2v) is 8.16. The van der Waals surface area contributed by atoms with Gasteiger partial charge in [0.2, 0.25) is 0 Å². The van der Waals surface area contributed by atoms with Crippen LogP contribution in [0.25, 0.3) is 11.1 Å². The Morgan fingerprint density at radius 3 is 2.24 bits per heavy atom. The molecule has 0 nitrogen and oxygen atoms in total. The maximum absolute atomic E-state index is 4.93. The minimum absolute atomic E-state index is 0.826. The van der Waals surface area contributed by atoms with Gasteiger partial charge in [0.25, 0.3) is 0 Å². The maximum atomic E-state index is 4.93. The first-order chi connectivity index (χ1) is 10.4. The molecule has 0 atom stereocenters. The van der Waals surface area contributed by atoms with Crippen molar-refractivity contribution in [2.24, 2.45) is 0 Å². The molecule has 0 unspecified atom stereocenters. The first kappa shape index (κ1) is 16.6. The summed E-state index contributed by atoms with van der Waals surface area (Å²) in [6, 6.07) is 28.1. The van der Waals surface area contributed by atoms with Crippen molar-refractivity contribution in [3.8, 4) is 11.1 Å². The molecule has 0 spiro atoms. The number of benzene rings is 2. The van der Waals surface area contributed by atoms with Crippen LogP contribution in [0.15, 0.2) is 72.8 Å². The zero-order chi connectivity index (χ0) is 14.9. The van der Waals surface area contributed by atoms with Crippen molar-refractivity contribution in [2.45, 2.75) is 6.42 Å². The predicted molar refractivity (Wildman–Crippen MR) is 87.3 cm³/mol. The molecule has 0 saturated heterocycles. The molecule has 0 radical (unpaired) electrons. The van der Waals surface area contributed by atoms with Crippen molar-refractivity contribution in [3.05, 3.63) is 90.0 Å². The Hall–Kier alpha value is -0.747. The molecule has 1 aliphatic carbocycles. The van der Waals surface area contributed by atoms with Gasteiger partial charge in [-0.25, -0.2) is 12.1 Å². The molecule has 0 aromatic heterocycles. The third-order valence-corrected chi connectivity index (χ3v) is 3.17.